The molecule has 0 heterocycles. The van der Waals surface area contributed by atoms with E-state index in [1.807, 2.05) is 0 Å². The van der Waals surface area contributed by atoms with Crippen LogP contribution in [0, 0.1) is 13.8 Å². The van der Waals surface area contributed by atoms with Gasteiger partial charge in [0.05, 0.1) is 0 Å². The Morgan fingerprint density at radius 3 is 1.05 bits per heavy atom. The van der Waals surface area contributed by atoms with Gasteiger partial charge in [-0.3, -0.25) is 0 Å². The molecular formula is C76H103N. The molecule has 6 aromatic rings. The molecule has 8 rings (SSSR count). The SMILES string of the molecule is CCCCCCCCC1(CCCCCCCC)c2cc(C)ccc2-c2cc3c(cc21)-c1ccc(-c2ccc(N(c4ccc(C)cc4)c4ccc(C(C)(C)C)cc4)cc2)cc1C3(CCCCCCCC)CCCCCCCC. The molecule has 1 nitrogen and oxygen atoms in total. The summed E-state index contributed by atoms with van der Waals surface area (Å²) in [5.74, 6) is 0. The topological polar surface area (TPSA) is 3.24 Å². The number of nitrogens with zero attached hydrogens (tertiary/aromatic N) is 1. The molecule has 412 valence electrons. The van der Waals surface area contributed by atoms with Crippen molar-refractivity contribution in [3.05, 3.63) is 160 Å². The summed E-state index contributed by atoms with van der Waals surface area (Å²) in [5.41, 5.74) is 23.2. The van der Waals surface area contributed by atoms with Crippen LogP contribution >= 0.6 is 0 Å². The summed E-state index contributed by atoms with van der Waals surface area (Å²) in [7, 11) is 0. The average Bonchev–Trinajstić information content (AvgIpc) is 4.08. The van der Waals surface area contributed by atoms with Gasteiger partial charge in [-0.25, -0.2) is 0 Å². The lowest BCUT2D eigenvalue weighted by molar-refractivity contribution is 0.394. The van der Waals surface area contributed by atoms with Crippen molar-refractivity contribution in [3.63, 3.8) is 0 Å². The van der Waals surface area contributed by atoms with E-state index in [0.717, 1.165) is 0 Å². The zero-order valence-corrected chi connectivity index (χ0v) is 50.3. The smallest absolute Gasteiger partial charge is 0.0462 e. The Morgan fingerprint density at radius 1 is 0.312 bits per heavy atom. The fourth-order valence-electron chi connectivity index (χ4n) is 14.0. The highest BCUT2D eigenvalue weighted by Gasteiger charge is 2.48. The maximum Gasteiger partial charge on any atom is 0.0462 e. The van der Waals surface area contributed by atoms with Crippen molar-refractivity contribution in [1.82, 2.24) is 0 Å². The molecule has 0 saturated heterocycles. The number of unbranched alkanes of at least 4 members (excludes halogenated alkanes) is 20. The van der Waals surface area contributed by atoms with Crippen molar-refractivity contribution in [3.8, 4) is 33.4 Å². The van der Waals surface area contributed by atoms with Gasteiger partial charge < -0.3 is 4.90 Å². The van der Waals surface area contributed by atoms with Gasteiger partial charge in [-0.1, -0.05) is 280 Å². The van der Waals surface area contributed by atoms with Crippen LogP contribution in [-0.4, -0.2) is 0 Å². The van der Waals surface area contributed by atoms with E-state index in [4.69, 9.17) is 0 Å². The standard InChI is InChI=1S/C76H103N/c1-10-14-18-22-26-30-50-75(51-31-27-23-19-15-11-2)70-54-59(6)36-48-66(70)68-56-73-69(57-72(68)75)67-49-39-61(55-71(67)76(73,52-32-28-24-20-16-12-3)53-33-29-25-21-17-13-4)60-37-44-64(45-38-60)77(63-42-34-58(5)35-43-63)65-46-40-62(41-47-65)74(7,8)9/h34-49,54-57H,10-33,50-53H2,1-9H3. The third-order valence-electron chi connectivity index (χ3n) is 18.6. The van der Waals surface area contributed by atoms with Crippen molar-refractivity contribution in [2.75, 3.05) is 4.90 Å². The van der Waals surface area contributed by atoms with Gasteiger partial charge in [0, 0.05) is 27.9 Å². The number of hydrogen-bond donors (Lipinski definition) is 0. The highest BCUT2D eigenvalue weighted by molar-refractivity contribution is 5.91. The number of benzene rings is 6. The number of hydrogen-bond acceptors (Lipinski definition) is 1. The number of rotatable bonds is 32. The minimum Gasteiger partial charge on any atom is -0.311 e. The Labute approximate surface area is 471 Å². The minimum atomic E-state index is -0.0126. The van der Waals surface area contributed by atoms with Crippen LogP contribution in [0.25, 0.3) is 33.4 Å². The molecule has 0 radical (unpaired) electrons. The van der Waals surface area contributed by atoms with E-state index in [2.05, 4.69) is 189 Å². The molecule has 0 aromatic heterocycles. The van der Waals surface area contributed by atoms with Crippen molar-refractivity contribution in [2.24, 2.45) is 0 Å². The second kappa shape index (κ2) is 27.8. The van der Waals surface area contributed by atoms with E-state index in [1.54, 1.807) is 38.9 Å². The lowest BCUT2D eigenvalue weighted by Gasteiger charge is -2.35. The summed E-state index contributed by atoms with van der Waals surface area (Å²) < 4.78 is 0. The molecule has 0 amide bonds. The zero-order valence-electron chi connectivity index (χ0n) is 50.3. The molecule has 0 unspecified atom stereocenters. The molecule has 0 aliphatic heterocycles. The quantitative estimate of drug-likeness (QED) is 0.0381. The van der Waals surface area contributed by atoms with Gasteiger partial charge in [-0.05, 0) is 161 Å². The predicted molar refractivity (Wildman–Crippen MR) is 339 cm³/mol. The van der Waals surface area contributed by atoms with E-state index in [0.29, 0.717) is 0 Å². The first-order valence-corrected chi connectivity index (χ1v) is 32.0. The minimum absolute atomic E-state index is 0.0126. The van der Waals surface area contributed by atoms with Gasteiger partial charge in [0.15, 0.2) is 0 Å². The van der Waals surface area contributed by atoms with E-state index in [9.17, 15) is 0 Å². The number of fused-ring (bicyclic) bond motifs is 6. The highest BCUT2D eigenvalue weighted by atomic mass is 15.1. The van der Waals surface area contributed by atoms with Gasteiger partial charge in [0.2, 0.25) is 0 Å². The molecule has 0 atom stereocenters. The maximum atomic E-state index is 2.83. The molecule has 0 fully saturated rings. The second-order valence-electron chi connectivity index (χ2n) is 25.5. The predicted octanol–water partition coefficient (Wildman–Crippen LogP) is 24.3. The fourth-order valence-corrected chi connectivity index (χ4v) is 14.0. The Balaban J connectivity index is 1.24. The summed E-state index contributed by atoms with van der Waals surface area (Å²) >= 11 is 0. The summed E-state index contributed by atoms with van der Waals surface area (Å²) in [5, 5.41) is 0. The summed E-state index contributed by atoms with van der Waals surface area (Å²) in [4.78, 5) is 2.43. The van der Waals surface area contributed by atoms with Crippen LogP contribution < -0.4 is 4.90 Å². The van der Waals surface area contributed by atoms with Gasteiger partial charge in [0.25, 0.3) is 0 Å². The molecule has 0 spiro atoms. The van der Waals surface area contributed by atoms with Gasteiger partial charge >= 0.3 is 0 Å². The van der Waals surface area contributed by atoms with Crippen LogP contribution in [0.4, 0.5) is 17.1 Å². The zero-order chi connectivity index (χ0) is 54.3. The monoisotopic (exact) mass is 1030 g/mol. The van der Waals surface area contributed by atoms with Crippen molar-refractivity contribution in [2.45, 2.75) is 258 Å². The van der Waals surface area contributed by atoms with E-state index in [-0.39, 0.29) is 16.2 Å². The molecular weight excluding hydrogens is 927 g/mol. The van der Waals surface area contributed by atoms with Crippen LogP contribution in [0.3, 0.4) is 0 Å². The van der Waals surface area contributed by atoms with Gasteiger partial charge in [-0.15, -0.1) is 0 Å². The first-order valence-electron chi connectivity index (χ1n) is 32.0. The molecule has 2 aliphatic rings. The molecule has 0 saturated carbocycles. The van der Waals surface area contributed by atoms with Crippen LogP contribution in [0.1, 0.15) is 267 Å². The Bertz CT molecular complexity index is 2710. The van der Waals surface area contributed by atoms with Crippen molar-refractivity contribution >= 4 is 17.1 Å². The first kappa shape index (κ1) is 58.3. The summed E-state index contributed by atoms with van der Waals surface area (Å²) in [6.07, 6.45) is 37.1. The van der Waals surface area contributed by atoms with Crippen LogP contribution in [0.5, 0.6) is 0 Å². The van der Waals surface area contributed by atoms with Crippen LogP contribution in [0.15, 0.2) is 121 Å². The molecule has 0 bridgehead atoms. The summed E-state index contributed by atoms with van der Waals surface area (Å²) in [6.45, 7) is 20.8. The lowest BCUT2D eigenvalue weighted by atomic mass is 9.68. The molecule has 1 heteroatoms. The summed E-state index contributed by atoms with van der Waals surface area (Å²) in [6, 6.07) is 48.9. The molecule has 0 N–H and O–H groups in total. The van der Waals surface area contributed by atoms with Crippen molar-refractivity contribution < 1.29 is 0 Å². The van der Waals surface area contributed by atoms with Crippen molar-refractivity contribution in [1.29, 1.82) is 0 Å². The Kier molecular flexibility index (Phi) is 21.1. The van der Waals surface area contributed by atoms with Gasteiger partial charge in [-0.2, -0.15) is 0 Å². The van der Waals surface area contributed by atoms with Crippen LogP contribution in [0.2, 0.25) is 0 Å². The first-order chi connectivity index (χ1) is 37.5. The third-order valence-corrected chi connectivity index (χ3v) is 18.6. The number of anilines is 3. The van der Waals surface area contributed by atoms with E-state index in [1.165, 1.54) is 230 Å². The third kappa shape index (κ3) is 13.8. The van der Waals surface area contributed by atoms with Crippen LogP contribution in [-0.2, 0) is 16.2 Å². The van der Waals surface area contributed by atoms with E-state index < -0.39 is 0 Å². The van der Waals surface area contributed by atoms with Gasteiger partial charge in [0.1, 0.15) is 0 Å². The lowest BCUT2D eigenvalue weighted by Crippen LogP contribution is -2.27. The number of aryl methyl sites for hydroxylation is 2. The second-order valence-corrected chi connectivity index (χ2v) is 25.5. The largest absolute Gasteiger partial charge is 0.311 e. The molecule has 6 aromatic carbocycles. The maximum absolute atomic E-state index is 2.83. The fraction of sp³-hybridized carbons (Fsp3) is 0.526. The highest BCUT2D eigenvalue weighted by Crippen LogP contribution is 2.61. The van der Waals surface area contributed by atoms with E-state index >= 15 is 0 Å². The normalized spacial score (nSPS) is 13.9. The molecule has 2 aliphatic carbocycles. The molecule has 77 heavy (non-hydrogen) atoms. The Hall–Kier alpha value is -4.88. The Morgan fingerprint density at radius 2 is 0.636 bits per heavy atom. The average molecular weight is 1030 g/mol.